The van der Waals surface area contributed by atoms with E-state index < -0.39 is 10.0 Å². The number of anilines is 2. The molecule has 0 radical (unpaired) electrons. The maximum absolute atomic E-state index is 12.8. The number of aromatic nitrogens is 2. The Morgan fingerprint density at radius 2 is 2.06 bits per heavy atom. The summed E-state index contributed by atoms with van der Waals surface area (Å²) in [5.74, 6) is -0.275. The van der Waals surface area contributed by atoms with Crippen LogP contribution in [0.3, 0.4) is 0 Å². The zero-order valence-electron chi connectivity index (χ0n) is 17.0. The average molecular weight is 506 g/mol. The van der Waals surface area contributed by atoms with Crippen molar-refractivity contribution in [3.8, 4) is 0 Å². The summed E-state index contributed by atoms with van der Waals surface area (Å²) in [5.41, 5.74) is 2.14. The van der Waals surface area contributed by atoms with Crippen molar-refractivity contribution in [2.75, 3.05) is 23.6 Å². The van der Waals surface area contributed by atoms with E-state index in [0.29, 0.717) is 21.3 Å². The Bertz CT molecular complexity index is 1390. The van der Waals surface area contributed by atoms with Gasteiger partial charge in [-0.2, -0.15) is 0 Å². The zero-order chi connectivity index (χ0) is 22.3. The van der Waals surface area contributed by atoms with Crippen LogP contribution in [0.1, 0.15) is 26.8 Å². The van der Waals surface area contributed by atoms with E-state index in [1.165, 1.54) is 22.7 Å². The minimum absolute atomic E-state index is 0.253. The van der Waals surface area contributed by atoms with Gasteiger partial charge in [-0.25, -0.2) is 18.4 Å². The maximum Gasteiger partial charge on any atom is 0.286 e. The topological polar surface area (TPSA) is 104 Å². The fraction of sp³-hybridized carbons (Fsp3) is 0.250. The molecule has 4 aromatic rings. The number of carbonyl (C=O) groups excluding carboxylic acids is 1. The van der Waals surface area contributed by atoms with Crippen molar-refractivity contribution in [1.29, 1.82) is 0 Å². The second-order valence-corrected chi connectivity index (χ2v) is 12.4. The minimum Gasteiger partial charge on any atom is -0.301 e. The summed E-state index contributed by atoms with van der Waals surface area (Å²) in [6, 6.07) is 8.36. The van der Waals surface area contributed by atoms with Crippen molar-refractivity contribution < 1.29 is 13.2 Å². The van der Waals surface area contributed by atoms with Gasteiger partial charge < -0.3 is 4.90 Å². The van der Waals surface area contributed by atoms with Crippen LogP contribution in [0.15, 0.2) is 39.9 Å². The summed E-state index contributed by atoms with van der Waals surface area (Å²) in [6.07, 6.45) is 1.92. The third kappa shape index (κ3) is 4.41. The molecule has 0 atom stereocenters. The predicted octanol–water partition coefficient (Wildman–Crippen LogP) is 4.25. The smallest absolute Gasteiger partial charge is 0.286 e. The Balaban J connectivity index is 1.33. The molecule has 0 fully saturated rings. The number of hydrogen-bond donors (Lipinski definition) is 2. The van der Waals surface area contributed by atoms with Gasteiger partial charge in [0.15, 0.2) is 10.1 Å². The molecule has 3 aromatic heterocycles. The van der Waals surface area contributed by atoms with E-state index in [0.717, 1.165) is 52.5 Å². The molecule has 8 nitrogen and oxygen atoms in total. The van der Waals surface area contributed by atoms with E-state index in [4.69, 9.17) is 0 Å². The Morgan fingerprint density at radius 1 is 1.19 bits per heavy atom. The van der Waals surface area contributed by atoms with Crippen molar-refractivity contribution in [2.45, 2.75) is 23.6 Å². The van der Waals surface area contributed by atoms with Gasteiger partial charge in [0.2, 0.25) is 0 Å². The van der Waals surface area contributed by atoms with Gasteiger partial charge in [-0.1, -0.05) is 17.4 Å². The molecule has 0 saturated carbocycles. The number of benzene rings is 1. The molecule has 2 N–H and O–H groups in total. The van der Waals surface area contributed by atoms with Crippen LogP contribution < -0.4 is 10.0 Å². The highest BCUT2D eigenvalue weighted by molar-refractivity contribution is 7.94. The van der Waals surface area contributed by atoms with Crippen LogP contribution in [-0.4, -0.2) is 42.8 Å². The van der Waals surface area contributed by atoms with Gasteiger partial charge in [-0.3, -0.25) is 14.8 Å². The van der Waals surface area contributed by atoms with E-state index in [-0.39, 0.29) is 10.1 Å². The molecule has 0 saturated heterocycles. The highest BCUT2D eigenvalue weighted by atomic mass is 32.2. The summed E-state index contributed by atoms with van der Waals surface area (Å²) < 4.78 is 28.5. The van der Waals surface area contributed by atoms with Crippen molar-refractivity contribution >= 4 is 71.0 Å². The summed E-state index contributed by atoms with van der Waals surface area (Å²) in [5, 5.41) is 5.45. The Labute approximate surface area is 197 Å². The van der Waals surface area contributed by atoms with Crippen LogP contribution in [0.25, 0.3) is 10.2 Å². The second kappa shape index (κ2) is 8.52. The maximum atomic E-state index is 12.8. The number of fused-ring (bicyclic) bond motifs is 2. The first-order chi connectivity index (χ1) is 15.4. The first-order valence-electron chi connectivity index (χ1n) is 9.83. The number of hydrogen-bond acceptors (Lipinski definition) is 9. The zero-order valence-corrected chi connectivity index (χ0v) is 20.3. The van der Waals surface area contributed by atoms with E-state index in [1.54, 1.807) is 35.7 Å². The Hall–Kier alpha value is -2.38. The summed E-state index contributed by atoms with van der Waals surface area (Å²) in [4.78, 5) is 25.2. The standard InChI is InChI=1S/C20H19N5O3S4/c1-25-8-2-4-13-16(11-25)30-19(21-13)18(26)23-20-22-14-7-6-12(10-15(14)31-20)24-32(27,28)17-5-3-9-29-17/h3,5-7,9-10,24H,2,4,8,11H2,1H3,(H,22,23,26). The second-order valence-electron chi connectivity index (χ2n) is 7.42. The fourth-order valence-corrected chi connectivity index (χ4v) is 7.48. The number of nitrogens with one attached hydrogen (secondary N) is 2. The first kappa shape index (κ1) is 21.5. The number of carbonyl (C=O) groups is 1. The van der Waals surface area contributed by atoms with Gasteiger partial charge in [0.05, 0.1) is 21.6 Å². The number of nitrogens with zero attached hydrogens (tertiary/aromatic N) is 3. The number of aryl methyl sites for hydroxylation is 1. The Kier molecular flexibility index (Phi) is 5.72. The third-order valence-corrected chi connectivity index (χ3v) is 9.75. The largest absolute Gasteiger partial charge is 0.301 e. The molecular weight excluding hydrogens is 487 g/mol. The molecule has 1 aliphatic heterocycles. The van der Waals surface area contributed by atoms with E-state index in [1.807, 2.05) is 0 Å². The molecule has 5 rings (SSSR count). The van der Waals surface area contributed by atoms with Crippen LogP contribution >= 0.6 is 34.0 Å². The molecule has 32 heavy (non-hydrogen) atoms. The van der Waals surface area contributed by atoms with Gasteiger partial charge in [0.1, 0.15) is 4.21 Å². The summed E-state index contributed by atoms with van der Waals surface area (Å²) in [6.45, 7) is 1.84. The van der Waals surface area contributed by atoms with Crippen LogP contribution in [0.4, 0.5) is 10.8 Å². The van der Waals surface area contributed by atoms with Gasteiger partial charge in [0, 0.05) is 11.4 Å². The number of thiazole rings is 2. The van der Waals surface area contributed by atoms with Crippen LogP contribution in [0, 0.1) is 0 Å². The van der Waals surface area contributed by atoms with E-state index in [9.17, 15) is 13.2 Å². The van der Waals surface area contributed by atoms with Crippen molar-refractivity contribution in [3.05, 3.63) is 51.3 Å². The van der Waals surface area contributed by atoms with E-state index >= 15 is 0 Å². The number of rotatable bonds is 5. The van der Waals surface area contributed by atoms with Gasteiger partial charge in [-0.05, 0) is 56.1 Å². The van der Waals surface area contributed by atoms with Crippen LogP contribution in [0.2, 0.25) is 0 Å². The number of sulfonamides is 1. The fourth-order valence-electron chi connectivity index (χ4n) is 3.45. The van der Waals surface area contributed by atoms with E-state index in [2.05, 4.69) is 32.0 Å². The lowest BCUT2D eigenvalue weighted by Crippen LogP contribution is -2.16. The van der Waals surface area contributed by atoms with Gasteiger partial charge in [0.25, 0.3) is 15.9 Å². The summed E-state index contributed by atoms with van der Waals surface area (Å²) >= 11 is 3.88. The number of amides is 1. The lowest BCUT2D eigenvalue weighted by atomic mass is 10.2. The van der Waals surface area contributed by atoms with Crippen molar-refractivity contribution in [1.82, 2.24) is 14.9 Å². The molecule has 0 spiro atoms. The van der Waals surface area contributed by atoms with Crippen LogP contribution in [-0.2, 0) is 23.0 Å². The molecule has 0 aliphatic carbocycles. The lowest BCUT2D eigenvalue weighted by molar-refractivity contribution is 0.102. The first-order valence-corrected chi connectivity index (χ1v) is 13.8. The molecule has 4 heterocycles. The number of thiophene rings is 1. The van der Waals surface area contributed by atoms with Crippen LogP contribution in [0.5, 0.6) is 0 Å². The summed E-state index contributed by atoms with van der Waals surface area (Å²) in [7, 11) is -1.55. The highest BCUT2D eigenvalue weighted by Crippen LogP contribution is 2.31. The molecule has 1 aliphatic rings. The average Bonchev–Trinajstić information content (AvgIpc) is 3.46. The van der Waals surface area contributed by atoms with Gasteiger partial charge >= 0.3 is 0 Å². The molecule has 1 amide bonds. The van der Waals surface area contributed by atoms with Crippen molar-refractivity contribution in [3.63, 3.8) is 0 Å². The predicted molar refractivity (Wildman–Crippen MR) is 129 cm³/mol. The third-order valence-electron chi connectivity index (χ3n) is 4.96. The SMILES string of the molecule is CN1CCCc2nc(C(=O)Nc3nc4ccc(NS(=O)(=O)c5cccs5)cc4s3)sc2C1. The molecule has 166 valence electrons. The van der Waals surface area contributed by atoms with Crippen molar-refractivity contribution in [2.24, 2.45) is 0 Å². The normalized spacial score (nSPS) is 14.8. The Morgan fingerprint density at radius 3 is 2.88 bits per heavy atom. The quantitative estimate of drug-likeness (QED) is 0.420. The highest BCUT2D eigenvalue weighted by Gasteiger charge is 2.21. The molecular formula is C20H19N5O3S4. The lowest BCUT2D eigenvalue weighted by Gasteiger charge is -2.11. The molecule has 0 bridgehead atoms. The monoisotopic (exact) mass is 505 g/mol. The molecule has 1 aromatic carbocycles. The minimum atomic E-state index is -3.62. The molecule has 0 unspecified atom stereocenters. The van der Waals surface area contributed by atoms with Gasteiger partial charge in [-0.15, -0.1) is 22.7 Å². The molecule has 12 heteroatoms.